The first kappa shape index (κ1) is 22.6. The molecule has 0 aliphatic carbocycles. The van der Waals surface area contributed by atoms with Gasteiger partial charge in [0.1, 0.15) is 5.01 Å². The number of rotatable bonds is 8. The van der Waals surface area contributed by atoms with E-state index in [1.165, 1.54) is 4.88 Å². The highest BCUT2D eigenvalue weighted by molar-refractivity contribution is 14.0. The molecule has 1 saturated heterocycles. The van der Waals surface area contributed by atoms with Gasteiger partial charge in [0.05, 0.1) is 12.6 Å². The summed E-state index contributed by atoms with van der Waals surface area (Å²) in [6.45, 7) is 9.72. The number of piperidine rings is 1. The van der Waals surface area contributed by atoms with Crippen molar-refractivity contribution in [2.24, 2.45) is 4.99 Å². The molecule has 1 aliphatic heterocycles. The fraction of sp³-hybridized carbons (Fsp3) is 0.765. The minimum Gasteiger partial charge on any atom is -0.393 e. The first-order valence-corrected chi connectivity index (χ1v) is 9.89. The summed E-state index contributed by atoms with van der Waals surface area (Å²) < 4.78 is 0. The second-order valence-electron chi connectivity index (χ2n) is 6.12. The zero-order valence-electron chi connectivity index (χ0n) is 15.3. The van der Waals surface area contributed by atoms with Gasteiger partial charge in [-0.3, -0.25) is 0 Å². The highest BCUT2D eigenvalue weighted by atomic mass is 127. The van der Waals surface area contributed by atoms with Crippen molar-refractivity contribution in [2.45, 2.75) is 52.2 Å². The number of likely N-dealkylation sites (tertiary alicyclic amines) is 1. The van der Waals surface area contributed by atoms with Gasteiger partial charge in [0, 0.05) is 37.3 Å². The molecule has 0 unspecified atom stereocenters. The molecule has 1 fully saturated rings. The molecule has 0 aromatic carbocycles. The van der Waals surface area contributed by atoms with Crippen LogP contribution < -0.4 is 10.6 Å². The number of nitrogens with zero attached hydrogens (tertiary/aromatic N) is 3. The van der Waals surface area contributed by atoms with Crippen molar-refractivity contribution in [3.05, 3.63) is 16.1 Å². The molecule has 1 aromatic rings. The number of aryl methyl sites for hydroxylation is 1. The molecule has 144 valence electrons. The third kappa shape index (κ3) is 8.65. The molecule has 0 atom stereocenters. The Bertz CT molecular complexity index is 503. The van der Waals surface area contributed by atoms with Crippen molar-refractivity contribution in [3.8, 4) is 0 Å². The van der Waals surface area contributed by atoms with Crippen LogP contribution >= 0.6 is 35.3 Å². The average Bonchev–Trinajstić information content (AvgIpc) is 3.06. The zero-order valence-corrected chi connectivity index (χ0v) is 18.5. The maximum Gasteiger partial charge on any atom is 0.191 e. The molecular formula is C17H32IN5OS. The van der Waals surface area contributed by atoms with E-state index in [-0.39, 0.29) is 30.1 Å². The maximum absolute atomic E-state index is 9.53. The lowest BCUT2D eigenvalue weighted by Crippen LogP contribution is -2.40. The van der Waals surface area contributed by atoms with E-state index in [0.717, 1.165) is 69.4 Å². The summed E-state index contributed by atoms with van der Waals surface area (Å²) in [7, 11) is 0. The van der Waals surface area contributed by atoms with Crippen molar-refractivity contribution in [1.82, 2.24) is 20.5 Å². The molecule has 0 radical (unpaired) electrons. The van der Waals surface area contributed by atoms with Gasteiger partial charge in [-0.1, -0.05) is 6.92 Å². The summed E-state index contributed by atoms with van der Waals surface area (Å²) in [5, 5.41) is 17.3. The van der Waals surface area contributed by atoms with Crippen LogP contribution in [0, 0.1) is 0 Å². The highest BCUT2D eigenvalue weighted by Crippen LogP contribution is 2.14. The number of nitrogens with one attached hydrogen (secondary N) is 2. The Kier molecular flexibility index (Phi) is 11.6. The molecular weight excluding hydrogens is 449 g/mol. The quantitative estimate of drug-likeness (QED) is 0.230. The number of aliphatic imine (C=N–C) groups is 1. The Hall–Kier alpha value is -0.450. The molecule has 25 heavy (non-hydrogen) atoms. The van der Waals surface area contributed by atoms with E-state index in [2.05, 4.69) is 39.4 Å². The Morgan fingerprint density at radius 2 is 2.12 bits per heavy atom. The molecule has 2 heterocycles. The third-order valence-corrected chi connectivity index (χ3v) is 5.29. The summed E-state index contributed by atoms with van der Waals surface area (Å²) in [6, 6.07) is 0. The van der Waals surface area contributed by atoms with Crippen LogP contribution in [0.25, 0.3) is 0 Å². The standard InChI is InChI=1S/C17H31N5OS.HI/c1-3-15-12-20-16(24-15)13-21-17(18-4-2)19-8-5-9-22-10-6-14(23)7-11-22;/h12,14,23H,3-11,13H2,1-2H3,(H2,18,19,21);1H. The van der Waals surface area contributed by atoms with Crippen molar-refractivity contribution < 1.29 is 5.11 Å². The van der Waals surface area contributed by atoms with Crippen molar-refractivity contribution >= 4 is 41.3 Å². The van der Waals surface area contributed by atoms with E-state index in [9.17, 15) is 5.11 Å². The van der Waals surface area contributed by atoms with Gasteiger partial charge in [-0.05, 0) is 39.2 Å². The highest BCUT2D eigenvalue weighted by Gasteiger charge is 2.15. The SMILES string of the molecule is CCNC(=NCc1ncc(CC)s1)NCCCN1CCC(O)CC1.I. The molecule has 2 rings (SSSR count). The smallest absolute Gasteiger partial charge is 0.191 e. The average molecular weight is 481 g/mol. The monoisotopic (exact) mass is 481 g/mol. The van der Waals surface area contributed by atoms with Crippen molar-refractivity contribution in [3.63, 3.8) is 0 Å². The first-order chi connectivity index (χ1) is 11.7. The molecule has 3 N–H and O–H groups in total. The van der Waals surface area contributed by atoms with Crippen LogP contribution in [0.15, 0.2) is 11.2 Å². The van der Waals surface area contributed by atoms with Gasteiger partial charge in [0.15, 0.2) is 5.96 Å². The second kappa shape index (κ2) is 12.8. The largest absolute Gasteiger partial charge is 0.393 e. The van der Waals surface area contributed by atoms with E-state index in [0.29, 0.717) is 6.54 Å². The molecule has 0 bridgehead atoms. The fourth-order valence-electron chi connectivity index (χ4n) is 2.73. The third-order valence-electron chi connectivity index (χ3n) is 4.17. The molecule has 0 saturated carbocycles. The van der Waals surface area contributed by atoms with E-state index in [1.54, 1.807) is 11.3 Å². The number of hydrogen-bond acceptors (Lipinski definition) is 5. The molecule has 0 spiro atoms. The minimum atomic E-state index is -0.0917. The topological polar surface area (TPSA) is 72.8 Å². The van der Waals surface area contributed by atoms with E-state index in [1.807, 2.05) is 6.20 Å². The minimum absolute atomic E-state index is 0. The summed E-state index contributed by atoms with van der Waals surface area (Å²) in [5.74, 6) is 0.861. The van der Waals surface area contributed by atoms with Gasteiger partial charge in [-0.15, -0.1) is 35.3 Å². The number of hydrogen-bond donors (Lipinski definition) is 3. The number of guanidine groups is 1. The normalized spacial score (nSPS) is 16.5. The van der Waals surface area contributed by atoms with Crippen molar-refractivity contribution in [1.29, 1.82) is 0 Å². The Morgan fingerprint density at radius 1 is 1.36 bits per heavy atom. The van der Waals surface area contributed by atoms with Gasteiger partial charge < -0.3 is 20.6 Å². The number of thiazole rings is 1. The number of aliphatic hydroxyl groups is 1. The summed E-state index contributed by atoms with van der Waals surface area (Å²) >= 11 is 1.74. The second-order valence-corrected chi connectivity index (χ2v) is 7.32. The first-order valence-electron chi connectivity index (χ1n) is 9.07. The predicted octanol–water partition coefficient (Wildman–Crippen LogP) is 2.23. The molecule has 1 aliphatic rings. The maximum atomic E-state index is 9.53. The Morgan fingerprint density at radius 3 is 2.76 bits per heavy atom. The van der Waals surface area contributed by atoms with E-state index < -0.39 is 0 Å². The molecule has 8 heteroatoms. The molecule has 1 aromatic heterocycles. The van der Waals surface area contributed by atoms with E-state index >= 15 is 0 Å². The summed E-state index contributed by atoms with van der Waals surface area (Å²) in [6.07, 6.45) is 5.79. The van der Waals surface area contributed by atoms with Crippen LogP contribution in [0.1, 0.15) is 43.0 Å². The lowest BCUT2D eigenvalue weighted by atomic mass is 10.1. The predicted molar refractivity (Wildman–Crippen MR) is 116 cm³/mol. The lowest BCUT2D eigenvalue weighted by Gasteiger charge is -2.29. The van der Waals surface area contributed by atoms with E-state index in [4.69, 9.17) is 0 Å². The van der Waals surface area contributed by atoms with Crippen LogP contribution in [0.5, 0.6) is 0 Å². The van der Waals surface area contributed by atoms with Crippen LogP contribution in [0.2, 0.25) is 0 Å². The fourth-order valence-corrected chi connectivity index (χ4v) is 3.51. The van der Waals surface area contributed by atoms with Crippen LogP contribution in [-0.2, 0) is 13.0 Å². The summed E-state index contributed by atoms with van der Waals surface area (Å²) in [5.41, 5.74) is 0. The Balaban J connectivity index is 0.00000312. The van der Waals surface area contributed by atoms with Crippen LogP contribution in [0.4, 0.5) is 0 Å². The van der Waals surface area contributed by atoms with Gasteiger partial charge >= 0.3 is 0 Å². The van der Waals surface area contributed by atoms with Gasteiger partial charge in [0.25, 0.3) is 0 Å². The van der Waals surface area contributed by atoms with Crippen LogP contribution in [-0.4, -0.2) is 59.8 Å². The number of halogens is 1. The molecule has 6 nitrogen and oxygen atoms in total. The number of aromatic nitrogens is 1. The lowest BCUT2D eigenvalue weighted by molar-refractivity contribution is 0.0823. The number of aliphatic hydroxyl groups excluding tert-OH is 1. The van der Waals surface area contributed by atoms with Gasteiger partial charge in [-0.2, -0.15) is 0 Å². The summed E-state index contributed by atoms with van der Waals surface area (Å²) in [4.78, 5) is 12.8. The Labute approximate surface area is 172 Å². The van der Waals surface area contributed by atoms with Gasteiger partial charge in [-0.25, -0.2) is 9.98 Å². The van der Waals surface area contributed by atoms with Gasteiger partial charge in [0.2, 0.25) is 0 Å². The zero-order chi connectivity index (χ0) is 17.2. The van der Waals surface area contributed by atoms with Crippen LogP contribution in [0.3, 0.4) is 0 Å². The molecule has 0 amide bonds. The van der Waals surface area contributed by atoms with Crippen molar-refractivity contribution in [2.75, 3.05) is 32.7 Å².